The predicted octanol–water partition coefficient (Wildman–Crippen LogP) is 0.946. The number of rotatable bonds is 5. The lowest BCUT2D eigenvalue weighted by Crippen LogP contribution is -2.41. The first-order valence-electron chi connectivity index (χ1n) is 5.41. The second kappa shape index (κ2) is 5.98. The van der Waals surface area contributed by atoms with Crippen molar-refractivity contribution in [1.29, 1.82) is 0 Å². The van der Waals surface area contributed by atoms with E-state index in [1.165, 1.54) is 4.90 Å². The molecule has 0 aromatic carbocycles. The molecule has 0 saturated carbocycles. The molecule has 0 bridgehead atoms. The topological polar surface area (TPSA) is 70.5 Å². The van der Waals surface area contributed by atoms with Crippen LogP contribution < -0.4 is 0 Å². The molecule has 1 rings (SSSR count). The van der Waals surface area contributed by atoms with Gasteiger partial charge in [-0.1, -0.05) is 6.07 Å². The summed E-state index contributed by atoms with van der Waals surface area (Å²) in [7, 11) is 0. The maximum absolute atomic E-state index is 11.9. The average Bonchev–Trinajstić information content (AvgIpc) is 2.26. The molecule has 0 spiro atoms. The molecule has 0 unspecified atom stereocenters. The van der Waals surface area contributed by atoms with Crippen LogP contribution in [0.25, 0.3) is 0 Å². The summed E-state index contributed by atoms with van der Waals surface area (Å²) in [6.45, 7) is 3.32. The SMILES string of the molecule is CC(C)N(CC(=O)O)C(=O)Cc1cccnc1. The first kappa shape index (κ1) is 13.2. The van der Waals surface area contributed by atoms with Crippen LogP contribution in [0.2, 0.25) is 0 Å². The van der Waals surface area contributed by atoms with Gasteiger partial charge in [0, 0.05) is 18.4 Å². The van der Waals surface area contributed by atoms with Crippen molar-refractivity contribution in [3.63, 3.8) is 0 Å². The van der Waals surface area contributed by atoms with Crippen molar-refractivity contribution in [2.24, 2.45) is 0 Å². The normalized spacial score (nSPS) is 10.3. The summed E-state index contributed by atoms with van der Waals surface area (Å²) in [4.78, 5) is 27.8. The molecule has 0 saturated heterocycles. The number of carbonyl (C=O) groups is 2. The van der Waals surface area contributed by atoms with Crippen molar-refractivity contribution in [3.8, 4) is 0 Å². The third kappa shape index (κ3) is 4.22. The Hall–Kier alpha value is -1.91. The Balaban J connectivity index is 2.69. The molecule has 0 aliphatic heterocycles. The summed E-state index contributed by atoms with van der Waals surface area (Å²) in [6, 6.07) is 3.42. The zero-order valence-corrected chi connectivity index (χ0v) is 9.96. The van der Waals surface area contributed by atoms with Gasteiger partial charge < -0.3 is 10.0 Å². The van der Waals surface area contributed by atoms with E-state index in [4.69, 9.17) is 5.11 Å². The fourth-order valence-corrected chi connectivity index (χ4v) is 1.48. The smallest absolute Gasteiger partial charge is 0.323 e. The fraction of sp³-hybridized carbons (Fsp3) is 0.417. The van der Waals surface area contributed by atoms with Gasteiger partial charge in [0.05, 0.1) is 6.42 Å². The summed E-state index contributed by atoms with van der Waals surface area (Å²) in [5.41, 5.74) is 0.786. The van der Waals surface area contributed by atoms with Crippen LogP contribution in [-0.4, -0.2) is 39.5 Å². The van der Waals surface area contributed by atoms with Gasteiger partial charge in [-0.25, -0.2) is 0 Å². The number of amides is 1. The van der Waals surface area contributed by atoms with Gasteiger partial charge in [0.2, 0.25) is 5.91 Å². The van der Waals surface area contributed by atoms with Crippen molar-refractivity contribution >= 4 is 11.9 Å². The van der Waals surface area contributed by atoms with Gasteiger partial charge in [-0.05, 0) is 25.5 Å². The number of carboxylic acid groups (broad SMARTS) is 1. The minimum Gasteiger partial charge on any atom is -0.480 e. The van der Waals surface area contributed by atoms with Gasteiger partial charge in [0.25, 0.3) is 0 Å². The molecule has 17 heavy (non-hydrogen) atoms. The van der Waals surface area contributed by atoms with Gasteiger partial charge >= 0.3 is 5.97 Å². The van der Waals surface area contributed by atoms with E-state index < -0.39 is 5.97 Å². The number of aromatic nitrogens is 1. The third-order valence-electron chi connectivity index (χ3n) is 2.33. The minimum atomic E-state index is -1.00. The molecule has 0 fully saturated rings. The van der Waals surface area contributed by atoms with Crippen LogP contribution in [-0.2, 0) is 16.0 Å². The molecule has 1 heterocycles. The second-order valence-electron chi connectivity index (χ2n) is 4.05. The van der Waals surface area contributed by atoms with Crippen LogP contribution in [0.5, 0.6) is 0 Å². The lowest BCUT2D eigenvalue weighted by Gasteiger charge is -2.24. The van der Waals surface area contributed by atoms with Crippen LogP contribution in [0.4, 0.5) is 0 Å². The van der Waals surface area contributed by atoms with Crippen LogP contribution in [0.1, 0.15) is 19.4 Å². The standard InChI is InChI=1S/C12H16N2O3/c1-9(2)14(8-12(16)17)11(15)6-10-4-3-5-13-7-10/h3-5,7,9H,6,8H2,1-2H3,(H,16,17). The van der Waals surface area contributed by atoms with Gasteiger partial charge in [0.15, 0.2) is 0 Å². The predicted molar refractivity (Wildman–Crippen MR) is 62.4 cm³/mol. The van der Waals surface area contributed by atoms with Crippen LogP contribution in [0.15, 0.2) is 24.5 Å². The third-order valence-corrected chi connectivity index (χ3v) is 2.33. The highest BCUT2D eigenvalue weighted by Crippen LogP contribution is 2.05. The fourth-order valence-electron chi connectivity index (χ4n) is 1.48. The number of aliphatic carboxylic acids is 1. The van der Waals surface area contributed by atoms with Gasteiger partial charge in [0.1, 0.15) is 6.54 Å². The van der Waals surface area contributed by atoms with Crippen molar-refractivity contribution in [1.82, 2.24) is 9.88 Å². The van der Waals surface area contributed by atoms with E-state index >= 15 is 0 Å². The minimum absolute atomic E-state index is 0.129. The monoisotopic (exact) mass is 236 g/mol. The Bertz CT molecular complexity index is 390. The lowest BCUT2D eigenvalue weighted by atomic mass is 10.1. The molecule has 5 heteroatoms. The van der Waals surface area contributed by atoms with Crippen LogP contribution >= 0.6 is 0 Å². The van der Waals surface area contributed by atoms with E-state index in [1.807, 2.05) is 0 Å². The van der Waals surface area contributed by atoms with Crippen molar-refractivity contribution < 1.29 is 14.7 Å². The Morgan fingerprint density at radius 1 is 1.47 bits per heavy atom. The Labute approximate surface area is 100 Å². The van der Waals surface area contributed by atoms with E-state index in [0.717, 1.165) is 5.56 Å². The number of pyridine rings is 1. The summed E-state index contributed by atoms with van der Waals surface area (Å²) in [5, 5.41) is 8.74. The molecule has 1 aromatic heterocycles. The Morgan fingerprint density at radius 2 is 2.18 bits per heavy atom. The van der Waals surface area contributed by atoms with Gasteiger partial charge in [-0.2, -0.15) is 0 Å². The van der Waals surface area contributed by atoms with E-state index in [9.17, 15) is 9.59 Å². The molecule has 1 amide bonds. The van der Waals surface area contributed by atoms with Gasteiger partial charge in [-0.3, -0.25) is 14.6 Å². The highest BCUT2D eigenvalue weighted by Gasteiger charge is 2.19. The number of carbonyl (C=O) groups excluding carboxylic acids is 1. The second-order valence-corrected chi connectivity index (χ2v) is 4.05. The van der Waals surface area contributed by atoms with E-state index in [-0.39, 0.29) is 24.9 Å². The molecular weight excluding hydrogens is 220 g/mol. The number of nitrogens with zero attached hydrogens (tertiary/aromatic N) is 2. The lowest BCUT2D eigenvalue weighted by molar-refractivity contribution is -0.145. The molecule has 92 valence electrons. The van der Waals surface area contributed by atoms with Crippen LogP contribution in [0.3, 0.4) is 0 Å². The molecular formula is C12H16N2O3. The maximum Gasteiger partial charge on any atom is 0.323 e. The Morgan fingerprint density at radius 3 is 2.65 bits per heavy atom. The van der Waals surface area contributed by atoms with E-state index in [2.05, 4.69) is 4.98 Å². The highest BCUT2D eigenvalue weighted by atomic mass is 16.4. The summed E-state index contributed by atoms with van der Waals surface area (Å²) < 4.78 is 0. The van der Waals surface area contributed by atoms with E-state index in [0.29, 0.717) is 0 Å². The first-order valence-corrected chi connectivity index (χ1v) is 5.41. The van der Waals surface area contributed by atoms with Crippen molar-refractivity contribution in [2.75, 3.05) is 6.54 Å². The van der Waals surface area contributed by atoms with E-state index in [1.54, 1.807) is 38.4 Å². The molecule has 0 aliphatic carbocycles. The molecule has 1 N–H and O–H groups in total. The maximum atomic E-state index is 11.9. The number of hydrogen-bond acceptors (Lipinski definition) is 3. The van der Waals surface area contributed by atoms with Crippen molar-refractivity contribution in [3.05, 3.63) is 30.1 Å². The van der Waals surface area contributed by atoms with Gasteiger partial charge in [-0.15, -0.1) is 0 Å². The zero-order valence-electron chi connectivity index (χ0n) is 9.96. The first-order chi connectivity index (χ1) is 8.00. The highest BCUT2D eigenvalue weighted by molar-refractivity contribution is 5.83. The van der Waals surface area contributed by atoms with Crippen LogP contribution in [0, 0.1) is 0 Å². The molecule has 0 aliphatic rings. The zero-order chi connectivity index (χ0) is 12.8. The average molecular weight is 236 g/mol. The quantitative estimate of drug-likeness (QED) is 0.826. The van der Waals surface area contributed by atoms with Crippen molar-refractivity contribution in [2.45, 2.75) is 26.3 Å². The summed E-state index contributed by atoms with van der Waals surface area (Å²) >= 11 is 0. The number of carboxylic acids is 1. The molecule has 5 nitrogen and oxygen atoms in total. The molecule has 0 atom stereocenters. The largest absolute Gasteiger partial charge is 0.480 e. The summed E-state index contributed by atoms with van der Waals surface area (Å²) in [6.07, 6.45) is 3.42. The number of hydrogen-bond donors (Lipinski definition) is 1. The Kier molecular flexibility index (Phi) is 4.63. The molecule has 0 radical (unpaired) electrons. The molecule has 1 aromatic rings. The summed E-state index contributed by atoms with van der Waals surface area (Å²) in [5.74, 6) is -1.20.